The number of hydrogen-bond acceptors (Lipinski definition) is 1. The van der Waals surface area contributed by atoms with E-state index in [2.05, 4.69) is 19.2 Å². The molecule has 0 aromatic heterocycles. The van der Waals surface area contributed by atoms with Gasteiger partial charge in [0.2, 0.25) is 5.91 Å². The Morgan fingerprint density at radius 3 is 2.57 bits per heavy atom. The van der Waals surface area contributed by atoms with Crippen molar-refractivity contribution >= 4 is 5.91 Å². The lowest BCUT2D eigenvalue weighted by molar-refractivity contribution is -0.122. The molecule has 1 unspecified atom stereocenters. The quantitative estimate of drug-likeness (QED) is 0.737. The van der Waals surface area contributed by atoms with E-state index < -0.39 is 0 Å². The minimum absolute atomic E-state index is 0.256. The zero-order chi connectivity index (χ0) is 10.4. The Labute approximate surface area is 87.5 Å². The van der Waals surface area contributed by atoms with E-state index in [0.29, 0.717) is 18.4 Å². The molecule has 0 aromatic rings. The van der Waals surface area contributed by atoms with Crippen LogP contribution in [0.4, 0.5) is 0 Å². The van der Waals surface area contributed by atoms with Gasteiger partial charge in [-0.3, -0.25) is 4.79 Å². The summed E-state index contributed by atoms with van der Waals surface area (Å²) in [5.74, 6) is 0.782. The topological polar surface area (TPSA) is 29.1 Å². The fourth-order valence-corrected chi connectivity index (χ4v) is 1.99. The maximum absolute atomic E-state index is 11.6. The Bertz CT molecular complexity index is 173. The average molecular weight is 197 g/mol. The fourth-order valence-electron chi connectivity index (χ4n) is 1.99. The largest absolute Gasteiger partial charge is 0.353 e. The summed E-state index contributed by atoms with van der Waals surface area (Å²) in [7, 11) is 0. The van der Waals surface area contributed by atoms with Gasteiger partial charge in [0.25, 0.3) is 0 Å². The van der Waals surface area contributed by atoms with Crippen molar-refractivity contribution in [1.29, 1.82) is 0 Å². The van der Waals surface area contributed by atoms with Gasteiger partial charge in [-0.15, -0.1) is 0 Å². The first-order valence-electron chi connectivity index (χ1n) is 6.01. The van der Waals surface area contributed by atoms with Crippen LogP contribution in [-0.4, -0.2) is 11.9 Å². The molecular weight excluding hydrogens is 174 g/mol. The van der Waals surface area contributed by atoms with Gasteiger partial charge >= 0.3 is 0 Å². The molecule has 2 heteroatoms. The second kappa shape index (κ2) is 6.05. The smallest absolute Gasteiger partial charge is 0.220 e. The first kappa shape index (κ1) is 11.5. The maximum Gasteiger partial charge on any atom is 0.220 e. The van der Waals surface area contributed by atoms with E-state index in [1.54, 1.807) is 0 Å². The number of carbonyl (C=O) groups is 1. The van der Waals surface area contributed by atoms with Crippen molar-refractivity contribution in [2.75, 3.05) is 0 Å². The van der Waals surface area contributed by atoms with Gasteiger partial charge in [0.05, 0.1) is 0 Å². The molecule has 1 fully saturated rings. The molecule has 0 spiro atoms. The van der Waals surface area contributed by atoms with Gasteiger partial charge in [-0.2, -0.15) is 0 Å². The molecule has 1 aliphatic carbocycles. The third kappa shape index (κ3) is 4.12. The normalized spacial score (nSPS) is 20.4. The highest BCUT2D eigenvalue weighted by molar-refractivity contribution is 5.76. The Morgan fingerprint density at radius 2 is 2.00 bits per heavy atom. The zero-order valence-electron chi connectivity index (χ0n) is 9.51. The molecule has 1 amide bonds. The van der Waals surface area contributed by atoms with Crippen LogP contribution in [0.5, 0.6) is 0 Å². The van der Waals surface area contributed by atoms with E-state index in [-0.39, 0.29) is 5.91 Å². The van der Waals surface area contributed by atoms with Crippen molar-refractivity contribution in [2.24, 2.45) is 5.92 Å². The number of carbonyl (C=O) groups excluding carboxylic acids is 1. The molecule has 0 heterocycles. The highest BCUT2D eigenvalue weighted by Gasteiger charge is 2.16. The predicted molar refractivity (Wildman–Crippen MR) is 59.1 cm³/mol. The molecule has 1 aliphatic rings. The molecular formula is C12H23NO. The summed E-state index contributed by atoms with van der Waals surface area (Å²) < 4.78 is 0. The van der Waals surface area contributed by atoms with Crippen molar-refractivity contribution in [1.82, 2.24) is 5.32 Å². The lowest BCUT2D eigenvalue weighted by Crippen LogP contribution is -2.36. The summed E-state index contributed by atoms with van der Waals surface area (Å²) in [5.41, 5.74) is 0. The monoisotopic (exact) mass is 197 g/mol. The molecule has 0 bridgehead atoms. The molecule has 0 radical (unpaired) electrons. The zero-order valence-corrected chi connectivity index (χ0v) is 9.51. The molecule has 82 valence electrons. The lowest BCUT2D eigenvalue weighted by atomic mass is 9.95. The summed E-state index contributed by atoms with van der Waals surface area (Å²) in [6.45, 7) is 4.28. The van der Waals surface area contributed by atoms with E-state index >= 15 is 0 Å². The molecule has 2 nitrogen and oxygen atoms in total. The number of rotatable bonds is 4. The minimum atomic E-state index is 0.256. The molecule has 1 saturated carbocycles. The van der Waals surface area contributed by atoms with E-state index in [1.165, 1.54) is 32.1 Å². The first-order chi connectivity index (χ1) is 6.72. The second-order valence-corrected chi connectivity index (χ2v) is 4.62. The summed E-state index contributed by atoms with van der Waals surface area (Å²) in [6, 6.07) is 0.473. The van der Waals surface area contributed by atoms with Crippen LogP contribution in [-0.2, 0) is 4.79 Å². The first-order valence-corrected chi connectivity index (χ1v) is 6.01. The number of amides is 1. The van der Waals surface area contributed by atoms with E-state index in [1.807, 2.05) is 0 Å². The molecule has 1 rings (SSSR count). The van der Waals surface area contributed by atoms with Gasteiger partial charge < -0.3 is 5.32 Å². The summed E-state index contributed by atoms with van der Waals surface area (Å²) in [6.07, 6.45) is 8.09. The molecule has 0 aromatic carbocycles. The third-order valence-corrected chi connectivity index (χ3v) is 3.20. The van der Waals surface area contributed by atoms with Crippen LogP contribution in [0.2, 0.25) is 0 Å². The van der Waals surface area contributed by atoms with Crippen LogP contribution in [0.1, 0.15) is 58.8 Å². The Balaban J connectivity index is 2.18. The Morgan fingerprint density at radius 1 is 1.36 bits per heavy atom. The molecule has 1 N–H and O–H groups in total. The molecule has 1 atom stereocenters. The van der Waals surface area contributed by atoms with Crippen molar-refractivity contribution < 1.29 is 4.79 Å². The van der Waals surface area contributed by atoms with E-state index in [9.17, 15) is 4.79 Å². The van der Waals surface area contributed by atoms with Crippen LogP contribution >= 0.6 is 0 Å². The number of nitrogens with one attached hydrogen (secondary N) is 1. The van der Waals surface area contributed by atoms with E-state index in [4.69, 9.17) is 0 Å². The number of hydrogen-bond donors (Lipinski definition) is 1. The van der Waals surface area contributed by atoms with Crippen molar-refractivity contribution in [3.05, 3.63) is 0 Å². The van der Waals surface area contributed by atoms with Crippen LogP contribution in [0, 0.1) is 5.92 Å². The Hall–Kier alpha value is -0.530. The van der Waals surface area contributed by atoms with Crippen LogP contribution in [0.3, 0.4) is 0 Å². The maximum atomic E-state index is 11.6. The highest BCUT2D eigenvalue weighted by Crippen LogP contribution is 2.17. The molecule has 0 aliphatic heterocycles. The third-order valence-electron chi connectivity index (χ3n) is 3.20. The summed E-state index contributed by atoms with van der Waals surface area (Å²) in [4.78, 5) is 11.6. The van der Waals surface area contributed by atoms with Crippen LogP contribution in [0.25, 0.3) is 0 Å². The van der Waals surface area contributed by atoms with Crippen molar-refractivity contribution in [3.8, 4) is 0 Å². The van der Waals surface area contributed by atoms with Crippen LogP contribution in [0.15, 0.2) is 0 Å². The standard InChI is InChI=1S/C12H23NO/c1-3-10(2)9-12(14)13-11-7-5-4-6-8-11/h10-11H,3-9H2,1-2H3,(H,13,14). The molecule has 14 heavy (non-hydrogen) atoms. The SMILES string of the molecule is CCC(C)CC(=O)NC1CCCCC1. The van der Waals surface area contributed by atoms with Gasteiger partial charge in [0.1, 0.15) is 0 Å². The van der Waals surface area contributed by atoms with Gasteiger partial charge in [-0.1, -0.05) is 39.5 Å². The fraction of sp³-hybridized carbons (Fsp3) is 0.917. The van der Waals surface area contributed by atoms with Gasteiger partial charge in [0.15, 0.2) is 0 Å². The Kier molecular flexibility index (Phi) is 4.99. The molecule has 0 saturated heterocycles. The van der Waals surface area contributed by atoms with Gasteiger partial charge in [0, 0.05) is 12.5 Å². The van der Waals surface area contributed by atoms with Gasteiger partial charge in [-0.05, 0) is 18.8 Å². The average Bonchev–Trinajstić information content (AvgIpc) is 2.19. The van der Waals surface area contributed by atoms with Crippen LogP contribution < -0.4 is 5.32 Å². The summed E-state index contributed by atoms with van der Waals surface area (Å²) in [5, 5.41) is 3.15. The predicted octanol–water partition coefficient (Wildman–Crippen LogP) is 2.87. The second-order valence-electron chi connectivity index (χ2n) is 4.62. The summed E-state index contributed by atoms with van der Waals surface area (Å²) >= 11 is 0. The minimum Gasteiger partial charge on any atom is -0.353 e. The van der Waals surface area contributed by atoms with Gasteiger partial charge in [-0.25, -0.2) is 0 Å². The highest BCUT2D eigenvalue weighted by atomic mass is 16.1. The van der Waals surface area contributed by atoms with Crippen molar-refractivity contribution in [3.63, 3.8) is 0 Å². The van der Waals surface area contributed by atoms with E-state index in [0.717, 1.165) is 6.42 Å². The van der Waals surface area contributed by atoms with Crippen molar-refractivity contribution in [2.45, 2.75) is 64.8 Å². The lowest BCUT2D eigenvalue weighted by Gasteiger charge is -2.23.